The number of hydrogen-bond donors (Lipinski definition) is 1. The summed E-state index contributed by atoms with van der Waals surface area (Å²) in [7, 11) is 0. The van der Waals surface area contributed by atoms with Gasteiger partial charge in [-0.1, -0.05) is 30.2 Å². The molecule has 1 aliphatic carbocycles. The normalized spacial score (nSPS) is 18.3. The fourth-order valence-electron chi connectivity index (χ4n) is 3.62. The lowest BCUT2D eigenvalue weighted by Gasteiger charge is -2.32. The average molecular weight is 405 g/mol. The number of rotatable bonds is 6. The molecule has 1 N–H and O–H groups in total. The van der Waals surface area contributed by atoms with Crippen molar-refractivity contribution in [3.05, 3.63) is 40.7 Å². The molecule has 1 aliphatic heterocycles. The predicted octanol–water partition coefficient (Wildman–Crippen LogP) is 3.92. The number of carbonyl (C=O) groups is 1. The molecule has 144 valence electrons. The monoisotopic (exact) mass is 404 g/mol. The lowest BCUT2D eigenvalue weighted by Crippen LogP contribution is -2.41. The van der Waals surface area contributed by atoms with E-state index in [0.717, 1.165) is 67.7 Å². The first kappa shape index (κ1) is 18.7. The van der Waals surface area contributed by atoms with E-state index in [1.807, 2.05) is 24.3 Å². The minimum atomic E-state index is 0.264. The number of nitrogens with one attached hydrogen (secondary N) is 1. The molecule has 0 bridgehead atoms. The molecule has 0 atom stereocenters. The van der Waals surface area contributed by atoms with Crippen LogP contribution in [0, 0.1) is 11.8 Å². The summed E-state index contributed by atoms with van der Waals surface area (Å²) in [6.45, 7) is 2.79. The molecule has 7 heteroatoms. The number of nitrogens with zero attached hydrogens (tertiary/aromatic N) is 3. The van der Waals surface area contributed by atoms with Gasteiger partial charge in [-0.05, 0) is 49.3 Å². The summed E-state index contributed by atoms with van der Waals surface area (Å²) in [4.78, 5) is 19.0. The number of hydrogen-bond acceptors (Lipinski definition) is 5. The van der Waals surface area contributed by atoms with Crippen LogP contribution in [-0.2, 0) is 11.2 Å². The van der Waals surface area contributed by atoms with Crippen LogP contribution in [0.25, 0.3) is 0 Å². The summed E-state index contributed by atoms with van der Waals surface area (Å²) in [5.74, 6) is 1.99. The Hall–Kier alpha value is -1.66. The van der Waals surface area contributed by atoms with Crippen LogP contribution in [-0.4, -0.2) is 34.9 Å². The van der Waals surface area contributed by atoms with Crippen molar-refractivity contribution < 1.29 is 4.79 Å². The minimum Gasteiger partial charge on any atom is -0.356 e. The van der Waals surface area contributed by atoms with Gasteiger partial charge in [-0.25, -0.2) is 4.98 Å². The van der Waals surface area contributed by atoms with E-state index in [4.69, 9.17) is 16.6 Å². The second-order valence-corrected chi connectivity index (χ2v) is 8.77. The zero-order chi connectivity index (χ0) is 18.6. The van der Waals surface area contributed by atoms with Crippen LogP contribution >= 0.6 is 23.1 Å². The molecule has 5 nitrogen and oxygen atoms in total. The average Bonchev–Trinajstić information content (AvgIpc) is 3.09. The predicted molar refractivity (Wildman–Crippen MR) is 109 cm³/mol. The molecule has 2 aliphatic rings. The summed E-state index contributed by atoms with van der Waals surface area (Å²) in [5.41, 5.74) is 1.17. The van der Waals surface area contributed by atoms with Crippen molar-refractivity contribution in [3.8, 4) is 0 Å². The lowest BCUT2D eigenvalue weighted by atomic mass is 9.84. The smallest absolute Gasteiger partial charge is 0.223 e. The first-order valence-electron chi connectivity index (χ1n) is 9.77. The van der Waals surface area contributed by atoms with Crippen LogP contribution in [0.2, 0.25) is 5.02 Å². The third kappa shape index (κ3) is 4.79. The quantitative estimate of drug-likeness (QED) is 0.792. The van der Waals surface area contributed by atoms with Crippen LogP contribution in [0.4, 0.5) is 5.13 Å². The van der Waals surface area contributed by atoms with Crippen LogP contribution in [0.1, 0.15) is 43.5 Å². The molecule has 27 heavy (non-hydrogen) atoms. The van der Waals surface area contributed by atoms with Gasteiger partial charge in [0.25, 0.3) is 0 Å². The molecule has 2 fully saturated rings. The molecule has 0 spiro atoms. The van der Waals surface area contributed by atoms with E-state index in [9.17, 15) is 4.79 Å². The third-order valence-electron chi connectivity index (χ3n) is 5.66. The van der Waals surface area contributed by atoms with Crippen LogP contribution in [0.3, 0.4) is 0 Å². The number of halogens is 1. The van der Waals surface area contributed by atoms with Crippen molar-refractivity contribution in [2.45, 2.75) is 38.5 Å². The molecular formula is C20H25ClN4OS. The summed E-state index contributed by atoms with van der Waals surface area (Å²) >= 11 is 7.42. The maximum absolute atomic E-state index is 12.0. The molecule has 2 heterocycles. The number of anilines is 1. The molecule has 2 aromatic rings. The zero-order valence-corrected chi connectivity index (χ0v) is 16.9. The molecule has 1 aromatic carbocycles. The van der Waals surface area contributed by atoms with E-state index in [2.05, 4.69) is 14.6 Å². The Morgan fingerprint density at radius 3 is 2.59 bits per heavy atom. The Morgan fingerprint density at radius 2 is 1.93 bits per heavy atom. The van der Waals surface area contributed by atoms with E-state index in [1.165, 1.54) is 23.5 Å². The maximum atomic E-state index is 12.0. The van der Waals surface area contributed by atoms with Crippen molar-refractivity contribution in [1.29, 1.82) is 0 Å². The number of amides is 1. The molecule has 4 rings (SSSR count). The second-order valence-electron chi connectivity index (χ2n) is 7.60. The highest BCUT2D eigenvalue weighted by Crippen LogP contribution is 2.27. The highest BCUT2D eigenvalue weighted by molar-refractivity contribution is 7.09. The fourth-order valence-corrected chi connectivity index (χ4v) is 4.48. The fraction of sp³-hybridized carbons (Fsp3) is 0.550. The van der Waals surface area contributed by atoms with Crippen molar-refractivity contribution in [1.82, 2.24) is 14.7 Å². The number of piperidine rings is 1. The first-order chi connectivity index (χ1) is 13.2. The summed E-state index contributed by atoms with van der Waals surface area (Å²) in [6.07, 6.45) is 6.27. The minimum absolute atomic E-state index is 0.264. The Labute approximate surface area is 169 Å². The van der Waals surface area contributed by atoms with Gasteiger partial charge < -0.3 is 10.2 Å². The SMILES string of the molecule is O=C(NCC1CCN(c2nc(Cc3ccc(Cl)cc3)ns2)CC1)C1CCC1. The van der Waals surface area contributed by atoms with Gasteiger partial charge in [0.1, 0.15) is 5.82 Å². The molecule has 1 saturated heterocycles. The summed E-state index contributed by atoms with van der Waals surface area (Å²) in [5, 5.41) is 4.91. The number of benzene rings is 1. The number of carbonyl (C=O) groups excluding carboxylic acids is 1. The highest BCUT2D eigenvalue weighted by atomic mass is 35.5. The van der Waals surface area contributed by atoms with E-state index < -0.39 is 0 Å². The Bertz CT molecular complexity index is 767. The molecule has 0 radical (unpaired) electrons. The maximum Gasteiger partial charge on any atom is 0.223 e. The Balaban J connectivity index is 1.24. The van der Waals surface area contributed by atoms with Crippen molar-refractivity contribution in [2.75, 3.05) is 24.5 Å². The van der Waals surface area contributed by atoms with Crippen LogP contribution < -0.4 is 10.2 Å². The van der Waals surface area contributed by atoms with Gasteiger partial charge >= 0.3 is 0 Å². The van der Waals surface area contributed by atoms with Gasteiger partial charge in [-0.15, -0.1) is 0 Å². The molecule has 0 unspecified atom stereocenters. The van der Waals surface area contributed by atoms with E-state index >= 15 is 0 Å². The van der Waals surface area contributed by atoms with E-state index in [0.29, 0.717) is 5.92 Å². The lowest BCUT2D eigenvalue weighted by molar-refractivity contribution is -0.127. The van der Waals surface area contributed by atoms with Crippen LogP contribution in [0.15, 0.2) is 24.3 Å². The molecule has 1 amide bonds. The second kappa shape index (κ2) is 8.57. The van der Waals surface area contributed by atoms with E-state index in [-0.39, 0.29) is 11.8 Å². The standard InChI is InChI=1S/C20H25ClN4OS/c21-17-6-4-14(5-7-17)12-18-23-20(27-24-18)25-10-8-15(9-11-25)13-22-19(26)16-2-1-3-16/h4-7,15-16H,1-3,8-13H2,(H,22,26). The third-order valence-corrected chi connectivity index (χ3v) is 6.73. The Kier molecular flexibility index (Phi) is 5.93. The first-order valence-corrected chi connectivity index (χ1v) is 10.9. The molecule has 1 aromatic heterocycles. The van der Waals surface area contributed by atoms with Gasteiger partial charge in [0, 0.05) is 48.5 Å². The summed E-state index contributed by atoms with van der Waals surface area (Å²) in [6, 6.07) is 7.84. The van der Waals surface area contributed by atoms with Gasteiger partial charge in [0.2, 0.25) is 11.0 Å². The highest BCUT2D eigenvalue weighted by Gasteiger charge is 2.27. The van der Waals surface area contributed by atoms with E-state index in [1.54, 1.807) is 0 Å². The van der Waals surface area contributed by atoms with Gasteiger partial charge in [0.05, 0.1) is 0 Å². The van der Waals surface area contributed by atoms with Gasteiger partial charge in [-0.3, -0.25) is 4.79 Å². The topological polar surface area (TPSA) is 58.1 Å². The van der Waals surface area contributed by atoms with Crippen molar-refractivity contribution >= 4 is 34.2 Å². The number of aromatic nitrogens is 2. The van der Waals surface area contributed by atoms with Gasteiger partial charge in [0.15, 0.2) is 0 Å². The Morgan fingerprint density at radius 1 is 1.19 bits per heavy atom. The largest absolute Gasteiger partial charge is 0.356 e. The van der Waals surface area contributed by atoms with Crippen molar-refractivity contribution in [3.63, 3.8) is 0 Å². The van der Waals surface area contributed by atoms with Crippen LogP contribution in [0.5, 0.6) is 0 Å². The molecular weight excluding hydrogens is 380 g/mol. The molecule has 1 saturated carbocycles. The van der Waals surface area contributed by atoms with Crippen molar-refractivity contribution in [2.24, 2.45) is 11.8 Å². The zero-order valence-electron chi connectivity index (χ0n) is 15.4. The summed E-state index contributed by atoms with van der Waals surface area (Å²) < 4.78 is 4.52. The van der Waals surface area contributed by atoms with Gasteiger partial charge in [-0.2, -0.15) is 4.37 Å².